The maximum absolute atomic E-state index is 14.8. The van der Waals surface area contributed by atoms with Crippen molar-refractivity contribution in [2.45, 2.75) is 37.3 Å². The predicted octanol–water partition coefficient (Wildman–Crippen LogP) is -0.440. The lowest BCUT2D eigenvalue weighted by Gasteiger charge is -2.32. The number of fused-ring (bicyclic) bond motifs is 1. The van der Waals surface area contributed by atoms with E-state index in [4.69, 9.17) is 43.1 Å². The molecule has 2 unspecified atom stereocenters. The minimum absolute atomic E-state index is 0.0227. The first-order valence-corrected chi connectivity index (χ1v) is 11.1. The van der Waals surface area contributed by atoms with Crippen molar-refractivity contribution in [2.75, 3.05) is 0 Å². The van der Waals surface area contributed by atoms with Crippen LogP contribution in [-0.4, -0.2) is 70.9 Å². The number of rotatable bonds is 5. The number of hydrogen-bond acceptors (Lipinski definition) is 4. The summed E-state index contributed by atoms with van der Waals surface area (Å²) in [4.78, 5) is 50.7. The number of carbonyl (C=O) groups excluding carboxylic acids is 4. The summed E-state index contributed by atoms with van der Waals surface area (Å²) >= 11 is 5.72. The number of nitrogens with one attached hydrogen (secondary N) is 1. The highest BCUT2D eigenvalue weighted by atomic mass is 35.5. The molecule has 14 heteroatoms. The SMILES string of the molecule is [B]c1cc(C([B])N([B])C(=O)C(F)(F)c2ccc(Cl)cc2)c([B])c2c1C(=O)N(C1CCC(=O)NC1=O)C2. The van der Waals surface area contributed by atoms with E-state index in [0.29, 0.717) is 0 Å². The van der Waals surface area contributed by atoms with Crippen LogP contribution in [0.3, 0.4) is 0 Å². The molecule has 2 aliphatic rings. The molecule has 0 bridgehead atoms. The van der Waals surface area contributed by atoms with Gasteiger partial charge in [-0.2, -0.15) is 8.78 Å². The minimum atomic E-state index is -4.04. The van der Waals surface area contributed by atoms with Crippen molar-refractivity contribution < 1.29 is 28.0 Å². The fourth-order valence-electron chi connectivity index (χ4n) is 4.30. The second-order valence-electron chi connectivity index (χ2n) is 8.46. The zero-order valence-electron chi connectivity index (χ0n) is 18.6. The van der Waals surface area contributed by atoms with Crippen LogP contribution in [0.2, 0.25) is 5.02 Å². The third-order valence-corrected chi connectivity index (χ3v) is 6.51. The summed E-state index contributed by atoms with van der Waals surface area (Å²) in [6, 6.07) is 4.61. The zero-order valence-corrected chi connectivity index (χ0v) is 19.4. The van der Waals surface area contributed by atoms with Crippen molar-refractivity contribution in [1.29, 1.82) is 0 Å². The van der Waals surface area contributed by atoms with Crippen LogP contribution in [-0.2, 0) is 26.9 Å². The Bertz CT molecular complexity index is 1300. The van der Waals surface area contributed by atoms with Gasteiger partial charge in [-0.3, -0.25) is 24.5 Å². The lowest BCUT2D eigenvalue weighted by atomic mass is 9.71. The minimum Gasteiger partial charge on any atom is -0.393 e. The first kappa shape index (κ1) is 26.0. The highest BCUT2D eigenvalue weighted by Gasteiger charge is 2.44. The molecule has 0 spiro atoms. The second-order valence-corrected chi connectivity index (χ2v) is 8.90. The van der Waals surface area contributed by atoms with E-state index in [9.17, 15) is 28.0 Å². The molecule has 0 aromatic heterocycles. The molecule has 0 aliphatic carbocycles. The fraction of sp³-hybridized carbons (Fsp3) is 0.273. The lowest BCUT2D eigenvalue weighted by molar-refractivity contribution is -0.154. The average molecular weight is 501 g/mol. The zero-order chi connectivity index (χ0) is 26.5. The number of alkyl halides is 2. The monoisotopic (exact) mass is 501 g/mol. The summed E-state index contributed by atoms with van der Waals surface area (Å²) in [5.74, 6) is -9.16. The molecule has 2 aromatic rings. The highest BCUT2D eigenvalue weighted by Crippen LogP contribution is 2.33. The molecule has 2 aromatic carbocycles. The van der Waals surface area contributed by atoms with Gasteiger partial charge in [0, 0.05) is 35.1 Å². The Hall–Kier alpha value is -3.07. The van der Waals surface area contributed by atoms with Gasteiger partial charge in [0.25, 0.3) is 11.8 Å². The van der Waals surface area contributed by atoms with Crippen LogP contribution >= 0.6 is 11.6 Å². The number of amides is 4. The Morgan fingerprint density at radius 2 is 1.83 bits per heavy atom. The van der Waals surface area contributed by atoms with Crippen molar-refractivity contribution >= 4 is 77.7 Å². The molecule has 1 saturated heterocycles. The van der Waals surface area contributed by atoms with E-state index in [0.717, 1.165) is 12.1 Å². The van der Waals surface area contributed by atoms with Gasteiger partial charge in [-0.1, -0.05) is 40.7 Å². The topological polar surface area (TPSA) is 86.8 Å². The molecular weight excluding hydrogens is 487 g/mol. The molecule has 0 saturated carbocycles. The van der Waals surface area contributed by atoms with Crippen molar-refractivity contribution in [3.05, 3.63) is 57.6 Å². The van der Waals surface area contributed by atoms with Gasteiger partial charge in [0.2, 0.25) is 19.8 Å². The number of imide groups is 1. The van der Waals surface area contributed by atoms with Gasteiger partial charge in [0.15, 0.2) is 0 Å². The molecule has 36 heavy (non-hydrogen) atoms. The first-order chi connectivity index (χ1) is 16.8. The molecule has 174 valence electrons. The van der Waals surface area contributed by atoms with Gasteiger partial charge in [-0.25, -0.2) is 0 Å². The van der Waals surface area contributed by atoms with E-state index in [2.05, 4.69) is 5.32 Å². The van der Waals surface area contributed by atoms with E-state index in [1.807, 2.05) is 0 Å². The lowest BCUT2D eigenvalue weighted by Crippen LogP contribution is -2.52. The van der Waals surface area contributed by atoms with Crippen LogP contribution in [0.1, 0.15) is 45.8 Å². The summed E-state index contributed by atoms with van der Waals surface area (Å²) in [5, 5.41) is 2.38. The number of halogens is 3. The normalized spacial score (nSPS) is 18.6. The molecule has 2 atom stereocenters. The van der Waals surface area contributed by atoms with E-state index in [1.165, 1.54) is 23.1 Å². The van der Waals surface area contributed by atoms with Crippen LogP contribution < -0.4 is 16.2 Å². The van der Waals surface area contributed by atoms with Gasteiger partial charge in [0.1, 0.15) is 29.6 Å². The molecule has 8 radical (unpaired) electrons. The smallest absolute Gasteiger partial charge is 0.348 e. The van der Waals surface area contributed by atoms with E-state index in [1.54, 1.807) is 0 Å². The maximum Gasteiger partial charge on any atom is 0.348 e. The van der Waals surface area contributed by atoms with E-state index >= 15 is 0 Å². The standard InChI is InChI=1S/C22H14B4ClF2N3O4/c23-13-7-11(18(25)32(26)21(36)22(28,29)9-1-3-10(27)4-2-9)17(24)12-8-31(20(35)16(12)13)14-5-6-15(33)30-19(14)34/h1-4,7,14,18H,5-6,8H2,(H,30,33,34). The number of benzene rings is 2. The van der Waals surface area contributed by atoms with Gasteiger partial charge >= 0.3 is 5.92 Å². The van der Waals surface area contributed by atoms with Crippen molar-refractivity contribution in [3.8, 4) is 0 Å². The number of carbonyl (C=O) groups is 4. The third kappa shape index (κ3) is 4.34. The van der Waals surface area contributed by atoms with Crippen LogP contribution in [0.15, 0.2) is 30.3 Å². The van der Waals surface area contributed by atoms with Crippen molar-refractivity contribution in [3.63, 3.8) is 0 Å². The first-order valence-electron chi connectivity index (χ1n) is 10.7. The van der Waals surface area contributed by atoms with E-state index in [-0.39, 0.29) is 56.8 Å². The third-order valence-electron chi connectivity index (χ3n) is 6.26. The summed E-state index contributed by atoms with van der Waals surface area (Å²) in [6.07, 6.45) is 0.158. The average Bonchev–Trinajstić information content (AvgIpc) is 3.18. The van der Waals surface area contributed by atoms with Gasteiger partial charge < -0.3 is 9.71 Å². The summed E-state index contributed by atoms with van der Waals surface area (Å²) in [7, 11) is 24.0. The van der Waals surface area contributed by atoms with Crippen LogP contribution in [0.25, 0.3) is 0 Å². The molecule has 4 rings (SSSR count). The van der Waals surface area contributed by atoms with Crippen LogP contribution in [0, 0.1) is 0 Å². The van der Waals surface area contributed by atoms with Gasteiger partial charge in [-0.05, 0) is 29.7 Å². The Kier molecular flexibility index (Phi) is 6.81. The van der Waals surface area contributed by atoms with E-state index < -0.39 is 47.1 Å². The number of hydrogen-bond donors (Lipinski definition) is 1. The summed E-state index contributed by atoms with van der Waals surface area (Å²) in [6.45, 7) is -0.142. The number of piperidine rings is 1. The predicted molar refractivity (Wildman–Crippen MR) is 130 cm³/mol. The molecule has 2 aliphatic heterocycles. The Morgan fingerprint density at radius 3 is 2.44 bits per heavy atom. The second kappa shape index (κ2) is 9.42. The molecular formula is C22H14B4ClF2N3O4. The highest BCUT2D eigenvalue weighted by molar-refractivity contribution is 6.42. The fourth-order valence-corrected chi connectivity index (χ4v) is 4.43. The maximum atomic E-state index is 14.8. The van der Waals surface area contributed by atoms with Crippen LogP contribution in [0.5, 0.6) is 0 Å². The largest absolute Gasteiger partial charge is 0.393 e. The molecule has 1 fully saturated rings. The molecule has 7 nitrogen and oxygen atoms in total. The number of nitrogens with zero attached hydrogens (tertiary/aromatic N) is 2. The Morgan fingerprint density at radius 1 is 1.19 bits per heavy atom. The quantitative estimate of drug-likeness (QED) is 0.445. The van der Waals surface area contributed by atoms with Crippen LogP contribution in [0.4, 0.5) is 8.78 Å². The Balaban J connectivity index is 1.62. The summed E-state index contributed by atoms with van der Waals surface area (Å²) in [5.41, 5.74) is -0.656. The molecule has 1 N–H and O–H groups in total. The van der Waals surface area contributed by atoms with Crippen molar-refractivity contribution in [2.24, 2.45) is 0 Å². The molecule has 4 amide bonds. The molecule has 2 heterocycles. The van der Waals surface area contributed by atoms with Gasteiger partial charge in [-0.15, -0.1) is 0 Å². The van der Waals surface area contributed by atoms with Gasteiger partial charge in [0.05, 0.1) is 0 Å². The summed E-state index contributed by atoms with van der Waals surface area (Å²) < 4.78 is 29.7. The van der Waals surface area contributed by atoms with Crippen molar-refractivity contribution in [1.82, 2.24) is 15.0 Å². The Labute approximate surface area is 215 Å².